The molecule has 0 saturated heterocycles. The molecule has 95 valence electrons. The van der Waals surface area contributed by atoms with E-state index in [1.165, 1.54) is 0 Å². The van der Waals surface area contributed by atoms with Gasteiger partial charge in [0.2, 0.25) is 0 Å². The predicted molar refractivity (Wildman–Crippen MR) is 80.7 cm³/mol. The molecule has 3 rings (SSSR count). The second-order valence-corrected chi connectivity index (χ2v) is 7.08. The molecule has 19 heavy (non-hydrogen) atoms. The fraction of sp³-hybridized carbons (Fsp3) is 0. The molecular weight excluding hydrogens is 325 g/mol. The summed E-state index contributed by atoms with van der Waals surface area (Å²) < 4.78 is 8.87. The van der Waals surface area contributed by atoms with Gasteiger partial charge in [-0.05, 0) is 0 Å². The van der Waals surface area contributed by atoms with Crippen LogP contribution in [0.15, 0.2) is 68.7 Å². The second-order valence-electron chi connectivity index (χ2n) is 3.96. The first-order valence-corrected chi connectivity index (χ1v) is 9.57. The van der Waals surface area contributed by atoms with Gasteiger partial charge in [0, 0.05) is 0 Å². The van der Waals surface area contributed by atoms with Crippen molar-refractivity contribution in [2.45, 2.75) is 0 Å². The van der Waals surface area contributed by atoms with E-state index < -0.39 is 13.4 Å². The summed E-state index contributed by atoms with van der Waals surface area (Å²) >= 11 is -1.83. The van der Waals surface area contributed by atoms with Gasteiger partial charge in [-0.15, -0.1) is 0 Å². The van der Waals surface area contributed by atoms with Crippen LogP contribution >= 0.6 is 10.1 Å². The van der Waals surface area contributed by atoms with E-state index in [0.29, 0.717) is 0 Å². The number of halogens is 1. The van der Waals surface area contributed by atoms with Crippen LogP contribution in [0, 0.1) is 0 Å². The van der Waals surface area contributed by atoms with Crippen LogP contribution in [0.5, 0.6) is 0 Å². The zero-order valence-corrected chi connectivity index (χ0v) is 12.4. The van der Waals surface area contributed by atoms with E-state index >= 15 is 0 Å². The normalized spacial score (nSPS) is 15.4. The van der Waals surface area contributed by atoms with Gasteiger partial charge in [0.05, 0.1) is 0 Å². The van der Waals surface area contributed by atoms with Crippen LogP contribution in [0.25, 0.3) is 0 Å². The molecule has 3 nitrogen and oxygen atoms in total. The van der Waals surface area contributed by atoms with Crippen molar-refractivity contribution < 1.29 is 0 Å². The van der Waals surface area contributed by atoms with Crippen LogP contribution in [0.2, 0.25) is 0 Å². The van der Waals surface area contributed by atoms with E-state index in [2.05, 4.69) is 13.3 Å². The molecule has 0 aliphatic carbocycles. The van der Waals surface area contributed by atoms with Crippen molar-refractivity contribution in [2.24, 2.45) is 8.02 Å². The summed E-state index contributed by atoms with van der Waals surface area (Å²) in [6, 6.07) is 19.9. The first-order chi connectivity index (χ1) is 9.33. The van der Waals surface area contributed by atoms with Crippen molar-refractivity contribution in [3.8, 4) is 0 Å². The van der Waals surface area contributed by atoms with Crippen LogP contribution < -0.4 is 5.32 Å². The van der Waals surface area contributed by atoms with Crippen molar-refractivity contribution >= 4 is 35.2 Å². The van der Waals surface area contributed by atoms with E-state index in [0.717, 1.165) is 22.8 Å². The Morgan fingerprint density at radius 1 is 0.737 bits per heavy atom. The summed E-state index contributed by atoms with van der Waals surface area (Å²) in [5.74, 6) is 1.60. The molecular formula is C14H11ClN3Se. The van der Waals surface area contributed by atoms with Crippen LogP contribution in [-0.2, 0) is 0 Å². The van der Waals surface area contributed by atoms with E-state index in [4.69, 9.17) is 10.1 Å². The zero-order valence-electron chi connectivity index (χ0n) is 9.95. The number of nitrogens with zero attached hydrogens (tertiary/aromatic N) is 2. The number of amidine groups is 2. The Hall–Kier alpha value is -1.61. The molecule has 1 heterocycles. The van der Waals surface area contributed by atoms with Gasteiger partial charge in [0.25, 0.3) is 0 Å². The SMILES string of the molecule is Cl[Se]1N=C(c2ccccc2)NC(c2ccccc2)=N1. The molecule has 0 unspecified atom stereocenters. The molecule has 0 spiro atoms. The summed E-state index contributed by atoms with van der Waals surface area (Å²) in [4.78, 5) is 0. The monoisotopic (exact) mass is 336 g/mol. The van der Waals surface area contributed by atoms with E-state index in [1.807, 2.05) is 60.7 Å². The third-order valence-electron chi connectivity index (χ3n) is 2.66. The average molecular weight is 336 g/mol. The molecule has 0 aromatic heterocycles. The molecule has 1 aliphatic rings. The van der Waals surface area contributed by atoms with Crippen molar-refractivity contribution in [3.63, 3.8) is 0 Å². The molecule has 2 aromatic carbocycles. The quantitative estimate of drug-likeness (QED) is 0.842. The predicted octanol–water partition coefficient (Wildman–Crippen LogP) is 2.71. The minimum atomic E-state index is -1.83. The van der Waals surface area contributed by atoms with Crippen LogP contribution in [0.4, 0.5) is 0 Å². The van der Waals surface area contributed by atoms with E-state index in [9.17, 15) is 0 Å². The number of rotatable bonds is 2. The first kappa shape index (κ1) is 12.4. The molecule has 0 bridgehead atoms. The summed E-state index contributed by atoms with van der Waals surface area (Å²) in [6.07, 6.45) is 0. The molecule has 0 saturated carbocycles. The van der Waals surface area contributed by atoms with E-state index in [1.54, 1.807) is 0 Å². The molecule has 0 amide bonds. The Labute approximate surface area is 120 Å². The summed E-state index contributed by atoms with van der Waals surface area (Å²) in [5.41, 5.74) is 2.06. The fourth-order valence-electron chi connectivity index (χ4n) is 1.77. The molecule has 0 fully saturated rings. The van der Waals surface area contributed by atoms with Crippen LogP contribution in [0.3, 0.4) is 0 Å². The third kappa shape index (κ3) is 2.87. The summed E-state index contributed by atoms with van der Waals surface area (Å²) in [6.45, 7) is 0. The maximum absolute atomic E-state index is 6.22. The summed E-state index contributed by atoms with van der Waals surface area (Å²) in [5, 5.41) is 3.26. The van der Waals surface area contributed by atoms with E-state index in [-0.39, 0.29) is 0 Å². The van der Waals surface area contributed by atoms with Gasteiger partial charge >= 0.3 is 120 Å². The molecule has 1 radical (unpaired) electrons. The average Bonchev–Trinajstić information content (AvgIpc) is 2.48. The van der Waals surface area contributed by atoms with Gasteiger partial charge in [-0.2, -0.15) is 0 Å². The minimum absolute atomic E-state index is 0.800. The number of hydrogen-bond donors (Lipinski definition) is 1. The van der Waals surface area contributed by atoms with Crippen molar-refractivity contribution in [1.29, 1.82) is 0 Å². The van der Waals surface area contributed by atoms with Gasteiger partial charge < -0.3 is 0 Å². The molecule has 2 aromatic rings. The Balaban J connectivity index is 1.92. The van der Waals surface area contributed by atoms with Crippen LogP contribution in [0.1, 0.15) is 11.1 Å². The number of hydrogen-bond acceptors (Lipinski definition) is 3. The van der Waals surface area contributed by atoms with Gasteiger partial charge in [0.15, 0.2) is 0 Å². The van der Waals surface area contributed by atoms with Crippen molar-refractivity contribution in [2.75, 3.05) is 0 Å². The fourth-order valence-corrected chi connectivity index (χ4v) is 3.84. The maximum atomic E-state index is 6.22. The molecule has 1 N–H and O–H groups in total. The third-order valence-corrected chi connectivity index (χ3v) is 4.78. The Morgan fingerprint density at radius 2 is 1.16 bits per heavy atom. The standard InChI is InChI=1S/C14H11ClN3Se/c15-19-17-13(11-7-3-1-4-8-11)16-14(18-19)12-9-5-2-6-10-12/h1-10H,(H,16,17,18). The number of benzene rings is 2. The van der Waals surface area contributed by atoms with Gasteiger partial charge in [0.1, 0.15) is 0 Å². The Morgan fingerprint density at radius 3 is 1.58 bits per heavy atom. The van der Waals surface area contributed by atoms with Gasteiger partial charge in [-0.25, -0.2) is 0 Å². The Kier molecular flexibility index (Phi) is 3.64. The van der Waals surface area contributed by atoms with Crippen molar-refractivity contribution in [1.82, 2.24) is 5.32 Å². The van der Waals surface area contributed by atoms with Gasteiger partial charge in [-0.3, -0.25) is 0 Å². The Bertz CT molecular complexity index is 570. The van der Waals surface area contributed by atoms with Crippen LogP contribution in [-0.4, -0.2) is 25.1 Å². The zero-order chi connectivity index (χ0) is 13.1. The molecule has 1 aliphatic heterocycles. The second kappa shape index (κ2) is 5.57. The molecule has 5 heteroatoms. The topological polar surface area (TPSA) is 36.8 Å². The van der Waals surface area contributed by atoms with Crippen molar-refractivity contribution in [3.05, 3.63) is 71.8 Å². The van der Waals surface area contributed by atoms with Gasteiger partial charge in [-0.1, -0.05) is 0 Å². The molecule has 0 atom stereocenters. The first-order valence-electron chi connectivity index (χ1n) is 5.79. The number of nitrogens with one attached hydrogen (secondary N) is 1. The summed E-state index contributed by atoms with van der Waals surface area (Å²) in [7, 11) is 6.22.